The predicted molar refractivity (Wildman–Crippen MR) is 88.4 cm³/mol. The van der Waals surface area contributed by atoms with Gasteiger partial charge in [0.05, 0.1) is 23.6 Å². The van der Waals surface area contributed by atoms with Crippen molar-refractivity contribution in [3.63, 3.8) is 0 Å². The van der Waals surface area contributed by atoms with E-state index in [9.17, 15) is 13.5 Å². The van der Waals surface area contributed by atoms with Crippen LogP contribution in [-0.2, 0) is 20.5 Å². The van der Waals surface area contributed by atoms with Crippen LogP contribution in [0.1, 0.15) is 38.2 Å². The number of hydrogen-bond acceptors (Lipinski definition) is 4. The number of rotatable bonds is 3. The van der Waals surface area contributed by atoms with Crippen LogP contribution < -0.4 is 0 Å². The van der Waals surface area contributed by atoms with Crippen molar-refractivity contribution in [1.29, 1.82) is 0 Å². The van der Waals surface area contributed by atoms with Crippen molar-refractivity contribution in [1.82, 2.24) is 4.31 Å². The molecule has 1 unspecified atom stereocenters. The molecule has 2 heterocycles. The molecule has 5 nitrogen and oxygen atoms in total. The molecule has 1 N–H and O–H groups in total. The minimum atomic E-state index is -3.31. The van der Waals surface area contributed by atoms with E-state index in [1.54, 1.807) is 4.31 Å². The Labute approximate surface area is 138 Å². The fraction of sp³-hybridized carbons (Fsp3) is 0.647. The average molecular weight is 339 g/mol. The van der Waals surface area contributed by atoms with Gasteiger partial charge in [-0.3, -0.25) is 0 Å². The van der Waals surface area contributed by atoms with Crippen LogP contribution in [0.15, 0.2) is 30.3 Å². The first kappa shape index (κ1) is 16.9. The smallest absolute Gasteiger partial charge is 0.218 e. The molecule has 0 aromatic heterocycles. The lowest BCUT2D eigenvalue weighted by Gasteiger charge is -2.47. The molecule has 1 aromatic rings. The minimum Gasteiger partial charge on any atom is -0.390 e. The van der Waals surface area contributed by atoms with Crippen molar-refractivity contribution in [3.05, 3.63) is 35.9 Å². The molecule has 6 heteroatoms. The Bertz CT molecular complexity index is 634. The van der Waals surface area contributed by atoms with E-state index in [0.29, 0.717) is 45.4 Å². The summed E-state index contributed by atoms with van der Waals surface area (Å²) in [5, 5.41) is 10.3. The minimum absolute atomic E-state index is 0.0411. The number of ether oxygens (including phenoxy) is 1. The van der Waals surface area contributed by atoms with Gasteiger partial charge in [0, 0.05) is 19.5 Å². The van der Waals surface area contributed by atoms with Crippen molar-refractivity contribution in [3.8, 4) is 0 Å². The molecule has 0 amide bonds. The van der Waals surface area contributed by atoms with Crippen LogP contribution in [-0.4, -0.2) is 48.7 Å². The lowest BCUT2D eigenvalue weighted by atomic mass is 9.78. The highest BCUT2D eigenvalue weighted by Gasteiger charge is 2.45. The van der Waals surface area contributed by atoms with E-state index in [4.69, 9.17) is 4.74 Å². The number of sulfonamides is 1. The Kier molecular flexibility index (Phi) is 4.53. The van der Waals surface area contributed by atoms with Crippen LogP contribution in [0.4, 0.5) is 0 Å². The van der Waals surface area contributed by atoms with E-state index < -0.39 is 15.6 Å². The molecule has 128 valence electrons. The highest BCUT2D eigenvalue weighted by Crippen LogP contribution is 2.39. The fourth-order valence-electron chi connectivity index (χ4n) is 3.69. The summed E-state index contributed by atoms with van der Waals surface area (Å²) in [5.41, 5.74) is -0.256. The number of aliphatic hydroxyl groups is 1. The molecule has 2 saturated heterocycles. The van der Waals surface area contributed by atoms with Gasteiger partial charge >= 0.3 is 0 Å². The maximum atomic E-state index is 12.6. The maximum Gasteiger partial charge on any atom is 0.218 e. The Morgan fingerprint density at radius 3 is 2.43 bits per heavy atom. The second kappa shape index (κ2) is 6.16. The van der Waals surface area contributed by atoms with E-state index in [-0.39, 0.29) is 11.4 Å². The van der Waals surface area contributed by atoms with Gasteiger partial charge in [0.15, 0.2) is 0 Å². The Hall–Kier alpha value is -0.950. The molecule has 2 fully saturated rings. The Balaban J connectivity index is 1.64. The summed E-state index contributed by atoms with van der Waals surface area (Å²) in [6.07, 6.45) is 2.53. The highest BCUT2D eigenvalue weighted by atomic mass is 32.2. The predicted octanol–water partition coefficient (Wildman–Crippen LogP) is 1.91. The van der Waals surface area contributed by atoms with Crippen LogP contribution in [0, 0.1) is 0 Å². The van der Waals surface area contributed by atoms with E-state index >= 15 is 0 Å². The van der Waals surface area contributed by atoms with E-state index in [1.807, 2.05) is 37.3 Å². The van der Waals surface area contributed by atoms with Gasteiger partial charge in [-0.2, -0.15) is 0 Å². The normalized spacial score (nSPS) is 28.8. The summed E-state index contributed by atoms with van der Waals surface area (Å²) in [5.74, 6) is 0.0411. The molecule has 0 radical (unpaired) electrons. The van der Waals surface area contributed by atoms with Gasteiger partial charge in [-0.05, 0) is 31.7 Å². The first-order valence-corrected chi connectivity index (χ1v) is 9.79. The summed E-state index contributed by atoms with van der Waals surface area (Å²) in [7, 11) is -3.31. The number of piperidine rings is 1. The lowest BCUT2D eigenvalue weighted by Crippen LogP contribution is -2.54. The second-order valence-corrected chi connectivity index (χ2v) is 9.06. The van der Waals surface area contributed by atoms with Crippen LogP contribution in [0.2, 0.25) is 0 Å². The van der Waals surface area contributed by atoms with Crippen molar-refractivity contribution < 1.29 is 18.3 Å². The molecule has 1 aromatic carbocycles. The van der Waals surface area contributed by atoms with Crippen LogP contribution in [0.5, 0.6) is 0 Å². The fourth-order valence-corrected chi connectivity index (χ4v) is 5.23. The first-order valence-electron chi connectivity index (χ1n) is 8.19. The van der Waals surface area contributed by atoms with Crippen molar-refractivity contribution >= 4 is 10.0 Å². The summed E-state index contributed by atoms with van der Waals surface area (Å²) in [6.45, 7) is 3.32. The maximum absolute atomic E-state index is 12.6. The Morgan fingerprint density at radius 2 is 1.83 bits per heavy atom. The zero-order valence-corrected chi connectivity index (χ0v) is 14.4. The molecular weight excluding hydrogens is 314 g/mol. The van der Waals surface area contributed by atoms with Crippen LogP contribution >= 0.6 is 0 Å². The molecule has 2 aliphatic heterocycles. The molecule has 23 heavy (non-hydrogen) atoms. The van der Waals surface area contributed by atoms with Crippen LogP contribution in [0.25, 0.3) is 0 Å². The molecule has 3 rings (SSSR count). The van der Waals surface area contributed by atoms with Gasteiger partial charge in [0.25, 0.3) is 0 Å². The second-order valence-electron chi connectivity index (χ2n) is 7.10. The van der Waals surface area contributed by atoms with Gasteiger partial charge in [-0.1, -0.05) is 30.3 Å². The molecular formula is C17H25NO4S. The first-order chi connectivity index (χ1) is 10.8. The zero-order valence-electron chi connectivity index (χ0n) is 13.6. The molecule has 0 aliphatic carbocycles. The topological polar surface area (TPSA) is 66.8 Å². The largest absolute Gasteiger partial charge is 0.390 e. The monoisotopic (exact) mass is 339 g/mol. The van der Waals surface area contributed by atoms with Crippen molar-refractivity contribution in [2.45, 2.75) is 49.6 Å². The lowest BCUT2D eigenvalue weighted by molar-refractivity contribution is -0.168. The van der Waals surface area contributed by atoms with Crippen LogP contribution in [0.3, 0.4) is 0 Å². The quantitative estimate of drug-likeness (QED) is 0.913. The van der Waals surface area contributed by atoms with Gasteiger partial charge in [-0.25, -0.2) is 12.7 Å². The number of nitrogens with zero attached hydrogens (tertiary/aromatic N) is 1. The number of hydrogen-bond donors (Lipinski definition) is 1. The third kappa shape index (κ3) is 3.94. The molecule has 1 atom stereocenters. The van der Waals surface area contributed by atoms with E-state index in [0.717, 1.165) is 5.56 Å². The highest BCUT2D eigenvalue weighted by molar-refractivity contribution is 7.88. The van der Waals surface area contributed by atoms with Gasteiger partial charge in [-0.15, -0.1) is 0 Å². The van der Waals surface area contributed by atoms with Crippen molar-refractivity contribution in [2.24, 2.45) is 0 Å². The van der Waals surface area contributed by atoms with E-state index in [1.165, 1.54) is 0 Å². The average Bonchev–Trinajstić information content (AvgIpc) is 2.47. The van der Waals surface area contributed by atoms with Gasteiger partial charge in [0.1, 0.15) is 0 Å². The van der Waals surface area contributed by atoms with Crippen molar-refractivity contribution in [2.75, 3.05) is 19.7 Å². The van der Waals surface area contributed by atoms with Gasteiger partial charge < -0.3 is 9.84 Å². The standard InChI is InChI=1S/C17H25NO4S/c1-16(19)9-12-22-17(14-16)7-10-18(11-8-17)23(20,21)13-15-5-3-2-4-6-15/h2-6,19H,7-14H2,1H3. The SMILES string of the molecule is CC1(O)CCOC2(CCN(S(=O)(=O)Cc3ccccc3)CC2)C1. The molecule has 1 spiro atoms. The zero-order chi connectivity index (χ0) is 16.6. The summed E-state index contributed by atoms with van der Waals surface area (Å²) in [6, 6.07) is 9.27. The molecule has 2 aliphatic rings. The molecule has 0 bridgehead atoms. The third-order valence-electron chi connectivity index (χ3n) is 4.97. The van der Waals surface area contributed by atoms with E-state index in [2.05, 4.69) is 0 Å². The third-order valence-corrected chi connectivity index (χ3v) is 6.82. The number of benzene rings is 1. The Morgan fingerprint density at radius 1 is 1.17 bits per heavy atom. The summed E-state index contributed by atoms with van der Waals surface area (Å²) in [4.78, 5) is 0. The summed E-state index contributed by atoms with van der Waals surface area (Å²) >= 11 is 0. The molecule has 0 saturated carbocycles. The van der Waals surface area contributed by atoms with Gasteiger partial charge in [0.2, 0.25) is 10.0 Å². The summed E-state index contributed by atoms with van der Waals surface area (Å²) < 4.78 is 32.7.